The van der Waals surface area contributed by atoms with Crippen LogP contribution in [-0.2, 0) is 16.6 Å². The Labute approximate surface area is 175 Å². The van der Waals surface area contributed by atoms with Gasteiger partial charge in [0.1, 0.15) is 0 Å². The van der Waals surface area contributed by atoms with Crippen LogP contribution < -0.4 is 9.84 Å². The Balaban J connectivity index is 1.07. The van der Waals surface area contributed by atoms with Gasteiger partial charge in [0.15, 0.2) is 0 Å². The fraction of sp³-hybridized carbons (Fsp3) is 0.480. The van der Waals surface area contributed by atoms with E-state index in [4.69, 9.17) is 4.28 Å². The van der Waals surface area contributed by atoms with Crippen molar-refractivity contribution in [2.24, 2.45) is 0 Å². The Kier molecular flexibility index (Phi) is 0.904. The van der Waals surface area contributed by atoms with Gasteiger partial charge in [-0.15, -0.1) is 0 Å². The van der Waals surface area contributed by atoms with Crippen LogP contribution in [-0.4, -0.2) is 13.1 Å². The number of nitrogens with zero attached hydrogens (tertiary/aromatic N) is 1. The molecule has 10 aliphatic heterocycles. The molecule has 1 aromatic heterocycles. The van der Waals surface area contributed by atoms with Crippen molar-refractivity contribution >= 4 is 15.7 Å². The molecular weight excluding hydrogens is 466 g/mol. The third kappa shape index (κ3) is 0.312. The van der Waals surface area contributed by atoms with Crippen molar-refractivity contribution in [1.82, 2.24) is 4.73 Å². The molecule has 4 atom stereocenters. The first-order valence-corrected chi connectivity index (χ1v) is 19.3. The Morgan fingerprint density at radius 2 is 1.50 bits per heavy atom. The Morgan fingerprint density at radius 1 is 0.938 bits per heavy atom. The van der Waals surface area contributed by atoms with Gasteiger partial charge in [0.2, 0.25) is 0 Å². The quantitative estimate of drug-likeness (QED) is 0.552. The number of fused-ring (bicyclic) bond motifs is 10. The molecule has 166 valence electrons. The van der Waals surface area contributed by atoms with Gasteiger partial charge in [0.25, 0.3) is 0 Å². The van der Waals surface area contributed by atoms with Crippen LogP contribution in [0.2, 0.25) is 47.7 Å². The number of allylic oxidation sites excluding steroid dienone is 1. The molecule has 12 rings (SSSR count). The van der Waals surface area contributed by atoms with Gasteiger partial charge < -0.3 is 0 Å². The molecule has 0 aliphatic carbocycles. The van der Waals surface area contributed by atoms with Gasteiger partial charge >= 0.3 is 176 Å². The van der Waals surface area contributed by atoms with E-state index in [1.807, 2.05) is 19.9 Å². The predicted molar refractivity (Wildman–Crippen MR) is 116 cm³/mol. The number of benzene rings is 1. The van der Waals surface area contributed by atoms with Crippen LogP contribution in [0.15, 0.2) is 52.7 Å². The van der Waals surface area contributed by atoms with Crippen molar-refractivity contribution in [2.45, 2.75) is 66.4 Å². The number of rotatable bonds is 5. The Bertz CT molecular complexity index is 1940. The first kappa shape index (κ1) is 15.2. The normalized spacial score (nSPS) is 69.0. The van der Waals surface area contributed by atoms with E-state index in [-0.39, 0.29) is 4.90 Å². The zero-order chi connectivity index (χ0) is 21.5. The summed E-state index contributed by atoms with van der Waals surface area (Å²) in [6.07, 6.45) is 0. The first-order chi connectivity index (χ1) is 15.0. The average Bonchev–Trinajstić information content (AvgIpc) is 3.68. The van der Waals surface area contributed by atoms with E-state index in [2.05, 4.69) is 6.58 Å². The molecule has 0 N–H and O–H groups in total. The van der Waals surface area contributed by atoms with Gasteiger partial charge in [0.05, 0.1) is 0 Å². The maximum absolute atomic E-state index is 13.1. The van der Waals surface area contributed by atoms with E-state index in [0.717, 1.165) is 64.8 Å². The summed E-state index contributed by atoms with van der Waals surface area (Å²) in [5, 5.41) is 0. The van der Waals surface area contributed by atoms with E-state index in [0.29, 0.717) is 10.0 Å². The SMILES string of the molecule is C=C(c1cc(C)cc(=O)n1OS(=O)(=O)c1ccc(C)cc1)[C]12[CH]3[CH]4[CH]5[CH]1[Fe]45321678[CH]2[CH]1[CH]6[CH]7[CH]28. The summed E-state index contributed by atoms with van der Waals surface area (Å²) in [5.74, 6) is 0. The van der Waals surface area contributed by atoms with Crippen LogP contribution in [0, 0.1) is 13.8 Å². The second-order valence-electron chi connectivity index (χ2n) is 14.6. The van der Waals surface area contributed by atoms with Gasteiger partial charge in [-0.3, -0.25) is 0 Å². The average molecular weight is 489 g/mol. The molecule has 32 heavy (non-hydrogen) atoms. The molecule has 2 aromatic rings. The second kappa shape index (κ2) is 1.91. The number of hydrogen-bond donors (Lipinski definition) is 0. The monoisotopic (exact) mass is 489 g/mol. The third-order valence-electron chi connectivity index (χ3n) is 18.1. The van der Waals surface area contributed by atoms with Crippen molar-refractivity contribution in [3.05, 3.63) is 70.2 Å². The van der Waals surface area contributed by atoms with Gasteiger partial charge in [-0.25, -0.2) is 0 Å². The summed E-state index contributed by atoms with van der Waals surface area (Å²) in [5.41, 5.74) is 3.09. The van der Waals surface area contributed by atoms with Crippen LogP contribution in [0.4, 0.5) is 0 Å². The van der Waals surface area contributed by atoms with Crippen molar-refractivity contribution in [1.29, 1.82) is 0 Å². The zero-order valence-electron chi connectivity index (χ0n) is 17.7. The number of hydrogen-bond acceptors (Lipinski definition) is 4. The molecule has 10 saturated heterocycles. The fourth-order valence-electron chi connectivity index (χ4n) is 19.0. The minimum absolute atomic E-state index is 0.0604. The molecule has 5 nitrogen and oxygen atoms in total. The van der Waals surface area contributed by atoms with Crippen LogP contribution in [0.3, 0.4) is 0 Å². The number of pyridine rings is 1. The van der Waals surface area contributed by atoms with Crippen LogP contribution in [0.1, 0.15) is 16.8 Å². The molecule has 7 heteroatoms. The van der Waals surface area contributed by atoms with Crippen LogP contribution in [0.5, 0.6) is 0 Å². The predicted octanol–water partition coefficient (Wildman–Crippen LogP) is 5.06. The molecule has 1 aromatic carbocycles. The minimum atomic E-state index is -4.13. The molecule has 10 fully saturated rings. The summed E-state index contributed by atoms with van der Waals surface area (Å²) < 4.78 is 33.2. The van der Waals surface area contributed by atoms with E-state index in [1.165, 1.54) is 18.2 Å². The Hall–Kier alpha value is -1.82. The number of aryl methyl sites for hydroxylation is 2. The third-order valence-corrected chi connectivity index (χ3v) is 61.6. The molecular formula is C25H23FeNO4S. The molecule has 10 aliphatic rings. The summed E-state index contributed by atoms with van der Waals surface area (Å²) in [6, 6.07) is 9.94. The van der Waals surface area contributed by atoms with Crippen molar-refractivity contribution < 1.29 is 19.2 Å². The summed E-state index contributed by atoms with van der Waals surface area (Å²) in [4.78, 5) is 23.0. The summed E-state index contributed by atoms with van der Waals surface area (Å²) in [6.45, 7) is 4.96. The summed E-state index contributed by atoms with van der Waals surface area (Å²) >= 11 is 0. The molecule has 0 amide bonds. The molecule has 1 spiro atoms. The summed E-state index contributed by atoms with van der Waals surface area (Å²) in [7, 11) is -4.13. The van der Waals surface area contributed by atoms with Gasteiger partial charge in [-0.05, 0) is 0 Å². The van der Waals surface area contributed by atoms with Gasteiger partial charge in [-0.2, -0.15) is 0 Å². The Morgan fingerprint density at radius 3 is 1.97 bits per heavy atom. The number of aromatic nitrogens is 1. The van der Waals surface area contributed by atoms with Crippen molar-refractivity contribution in [2.75, 3.05) is 0 Å². The van der Waals surface area contributed by atoms with E-state index in [9.17, 15) is 13.2 Å². The van der Waals surface area contributed by atoms with Crippen molar-refractivity contribution in [3.8, 4) is 0 Å². The fourth-order valence-corrected chi connectivity index (χ4v) is 94.2. The first-order valence-electron chi connectivity index (χ1n) is 11.6. The van der Waals surface area contributed by atoms with Crippen LogP contribution >= 0.6 is 0 Å². The maximum atomic E-state index is 13.1. The molecule has 4 unspecified atom stereocenters. The molecule has 0 radical (unpaired) electrons. The molecule has 0 saturated carbocycles. The standard InChI is InChI=1S/C20H18NO4S.C5H5.Fe/c1-14-8-10-18(11-9-14)26(23,24)25-21-19(12-15(2)13-20(21)22)16(3)17-6-4-5-7-17;1-2-4-5-3-1;/h4-13H,3H2,1-2H3;1-5H;. The van der Waals surface area contributed by atoms with E-state index in [1.54, 1.807) is 12.1 Å². The van der Waals surface area contributed by atoms with E-state index < -0.39 is 22.2 Å². The zero-order valence-corrected chi connectivity index (χ0v) is 19.6. The molecule has 11 heterocycles. The second-order valence-corrected chi connectivity index (χ2v) is 39.6. The van der Waals surface area contributed by atoms with Crippen molar-refractivity contribution in [3.63, 3.8) is 0 Å². The van der Waals surface area contributed by atoms with E-state index >= 15 is 0 Å². The van der Waals surface area contributed by atoms with Gasteiger partial charge in [0, 0.05) is 0 Å². The van der Waals surface area contributed by atoms with Gasteiger partial charge in [-0.1, -0.05) is 0 Å². The molecule has 0 bridgehead atoms. The van der Waals surface area contributed by atoms with Crippen LogP contribution in [0.25, 0.3) is 5.57 Å². The topological polar surface area (TPSA) is 65.4 Å².